The number of rotatable bonds is 5. The van der Waals surface area contributed by atoms with Gasteiger partial charge in [0.2, 0.25) is 0 Å². The lowest BCUT2D eigenvalue weighted by atomic mass is 10.2. The minimum Gasteiger partial charge on any atom is -0.489 e. The minimum atomic E-state index is -0.285. The number of carbonyl (C=O) groups is 1. The van der Waals surface area contributed by atoms with Crippen molar-refractivity contribution in [3.05, 3.63) is 53.3 Å². The Balaban J connectivity index is 1.42. The zero-order valence-electron chi connectivity index (χ0n) is 17.6. The second-order valence-corrected chi connectivity index (χ2v) is 7.86. The summed E-state index contributed by atoms with van der Waals surface area (Å²) in [5, 5.41) is 16.4. The van der Waals surface area contributed by atoms with Crippen LogP contribution in [-0.4, -0.2) is 52.8 Å². The average molecular weight is 453 g/mol. The van der Waals surface area contributed by atoms with E-state index in [1.54, 1.807) is 10.9 Å². The van der Waals surface area contributed by atoms with Gasteiger partial charge in [0.05, 0.1) is 47.5 Å². The van der Waals surface area contributed by atoms with Crippen LogP contribution in [0.3, 0.4) is 0 Å². The Labute approximate surface area is 188 Å². The van der Waals surface area contributed by atoms with Crippen molar-refractivity contribution in [1.82, 2.24) is 20.0 Å². The van der Waals surface area contributed by atoms with Gasteiger partial charge in [0.15, 0.2) is 5.82 Å². The first-order valence-electron chi connectivity index (χ1n) is 10.1. The van der Waals surface area contributed by atoms with E-state index in [0.29, 0.717) is 29.7 Å². The third-order valence-corrected chi connectivity index (χ3v) is 5.83. The molecule has 0 radical (unpaired) electrons. The van der Waals surface area contributed by atoms with Gasteiger partial charge in [-0.1, -0.05) is 11.6 Å². The van der Waals surface area contributed by atoms with Crippen LogP contribution in [0.1, 0.15) is 5.56 Å². The van der Waals surface area contributed by atoms with Crippen molar-refractivity contribution in [2.75, 3.05) is 37.0 Å². The largest absolute Gasteiger partial charge is 0.489 e. The lowest BCUT2D eigenvalue weighted by molar-refractivity contribution is -0.139. The standard InChI is InChI=1S/C22H21ClN6O3/c1-13-11-29(27-22(13)25-17-5-4-16-15(21(17)23)10-24-26-16)14-3-6-18-19(9-14)32-8-7-28(18)12-20(30)31-2/h3-6,9-11H,7-8,12H2,1-2H3,(H,24,26)(H,25,27). The Morgan fingerprint density at radius 1 is 1.34 bits per heavy atom. The molecule has 3 heterocycles. The fourth-order valence-electron chi connectivity index (χ4n) is 3.72. The third kappa shape index (κ3) is 3.60. The summed E-state index contributed by atoms with van der Waals surface area (Å²) >= 11 is 6.54. The molecule has 164 valence electrons. The third-order valence-electron chi connectivity index (χ3n) is 5.42. The number of ether oxygens (including phenoxy) is 2. The average Bonchev–Trinajstić information content (AvgIpc) is 3.42. The van der Waals surface area contributed by atoms with Crippen LogP contribution in [0, 0.1) is 6.92 Å². The van der Waals surface area contributed by atoms with Crippen molar-refractivity contribution in [2.45, 2.75) is 6.92 Å². The molecule has 1 aliphatic heterocycles. The van der Waals surface area contributed by atoms with Gasteiger partial charge < -0.3 is 19.7 Å². The molecule has 0 bridgehead atoms. The number of anilines is 3. The molecule has 0 amide bonds. The SMILES string of the molecule is COC(=O)CN1CCOc2cc(-n3cc(C)c(Nc4ccc5[nH]ncc5c4Cl)n3)ccc21. The zero-order valence-corrected chi connectivity index (χ0v) is 18.3. The number of nitrogens with zero attached hydrogens (tertiary/aromatic N) is 4. The Morgan fingerprint density at radius 3 is 3.06 bits per heavy atom. The first kappa shape index (κ1) is 20.2. The van der Waals surface area contributed by atoms with E-state index >= 15 is 0 Å². The maximum atomic E-state index is 11.7. The molecule has 2 aromatic heterocycles. The van der Waals surface area contributed by atoms with Crippen molar-refractivity contribution >= 4 is 45.7 Å². The predicted molar refractivity (Wildman–Crippen MR) is 122 cm³/mol. The number of hydrogen-bond acceptors (Lipinski definition) is 7. The van der Waals surface area contributed by atoms with E-state index in [-0.39, 0.29) is 12.5 Å². The molecule has 10 heteroatoms. The molecule has 0 spiro atoms. The molecule has 2 aromatic carbocycles. The lowest BCUT2D eigenvalue weighted by Crippen LogP contribution is -2.37. The summed E-state index contributed by atoms with van der Waals surface area (Å²) in [6.07, 6.45) is 3.63. The normalized spacial score (nSPS) is 13.0. The number of aromatic amines is 1. The summed E-state index contributed by atoms with van der Waals surface area (Å²) in [4.78, 5) is 13.7. The van der Waals surface area contributed by atoms with Gasteiger partial charge in [0.25, 0.3) is 0 Å². The van der Waals surface area contributed by atoms with Crippen LogP contribution < -0.4 is 15.0 Å². The van der Waals surface area contributed by atoms with Crippen molar-refractivity contribution in [1.29, 1.82) is 0 Å². The number of H-pyrrole nitrogens is 1. The van der Waals surface area contributed by atoms with E-state index in [0.717, 1.165) is 33.5 Å². The van der Waals surface area contributed by atoms with Crippen LogP contribution in [0.4, 0.5) is 17.2 Å². The van der Waals surface area contributed by atoms with Crippen LogP contribution in [0.5, 0.6) is 5.75 Å². The van der Waals surface area contributed by atoms with Gasteiger partial charge in [-0.15, -0.1) is 5.10 Å². The molecule has 2 N–H and O–H groups in total. The molecule has 4 aromatic rings. The Morgan fingerprint density at radius 2 is 2.22 bits per heavy atom. The highest BCUT2D eigenvalue weighted by molar-refractivity contribution is 6.38. The number of methoxy groups -OCH3 is 1. The number of fused-ring (bicyclic) bond motifs is 2. The smallest absolute Gasteiger partial charge is 0.325 e. The van der Waals surface area contributed by atoms with Gasteiger partial charge in [-0.25, -0.2) is 4.68 Å². The quantitative estimate of drug-likeness (QED) is 0.444. The van der Waals surface area contributed by atoms with Gasteiger partial charge >= 0.3 is 5.97 Å². The lowest BCUT2D eigenvalue weighted by Gasteiger charge is -2.30. The van der Waals surface area contributed by atoms with E-state index in [2.05, 4.69) is 15.5 Å². The topological polar surface area (TPSA) is 97.3 Å². The van der Waals surface area contributed by atoms with Crippen LogP contribution in [0.15, 0.2) is 42.7 Å². The molecule has 0 unspecified atom stereocenters. The number of hydrogen-bond donors (Lipinski definition) is 2. The Hall–Kier alpha value is -3.72. The molecule has 0 atom stereocenters. The number of aryl methyl sites for hydroxylation is 1. The fourth-order valence-corrected chi connectivity index (χ4v) is 3.98. The molecule has 0 saturated heterocycles. The first-order valence-corrected chi connectivity index (χ1v) is 10.4. The summed E-state index contributed by atoms with van der Waals surface area (Å²) in [7, 11) is 1.39. The minimum absolute atomic E-state index is 0.183. The van der Waals surface area contributed by atoms with Gasteiger partial charge in [-0.3, -0.25) is 9.89 Å². The highest BCUT2D eigenvalue weighted by atomic mass is 35.5. The number of aromatic nitrogens is 4. The summed E-state index contributed by atoms with van der Waals surface area (Å²) < 4.78 is 12.4. The number of halogens is 1. The predicted octanol–water partition coefficient (Wildman–Crippen LogP) is 3.83. The van der Waals surface area contributed by atoms with Crippen molar-refractivity contribution in [3.63, 3.8) is 0 Å². The van der Waals surface area contributed by atoms with E-state index in [1.165, 1.54) is 7.11 Å². The number of carbonyl (C=O) groups excluding carboxylic acids is 1. The second-order valence-electron chi connectivity index (χ2n) is 7.49. The van der Waals surface area contributed by atoms with Crippen molar-refractivity contribution in [2.24, 2.45) is 0 Å². The molecule has 0 saturated carbocycles. The summed E-state index contributed by atoms with van der Waals surface area (Å²) in [5.41, 5.74) is 4.28. The Kier molecular flexibility index (Phi) is 5.10. The van der Waals surface area contributed by atoms with Crippen molar-refractivity contribution in [3.8, 4) is 11.4 Å². The fraction of sp³-hybridized carbons (Fsp3) is 0.227. The first-order chi connectivity index (χ1) is 15.5. The molecule has 1 aliphatic rings. The summed E-state index contributed by atoms with van der Waals surface area (Å²) in [6, 6.07) is 9.60. The molecule has 0 fully saturated rings. The maximum absolute atomic E-state index is 11.7. The second kappa shape index (κ2) is 8.08. The summed E-state index contributed by atoms with van der Waals surface area (Å²) in [5.74, 6) is 1.11. The van der Waals surface area contributed by atoms with Gasteiger partial charge in [-0.2, -0.15) is 5.10 Å². The van der Waals surface area contributed by atoms with Gasteiger partial charge in [-0.05, 0) is 31.2 Å². The zero-order chi connectivity index (χ0) is 22.2. The molecule has 9 nitrogen and oxygen atoms in total. The number of benzene rings is 2. The number of nitrogens with one attached hydrogen (secondary N) is 2. The maximum Gasteiger partial charge on any atom is 0.325 e. The molecule has 5 rings (SSSR count). The van der Waals surface area contributed by atoms with E-state index < -0.39 is 0 Å². The monoisotopic (exact) mass is 452 g/mol. The van der Waals surface area contributed by atoms with Crippen LogP contribution >= 0.6 is 11.6 Å². The molecular weight excluding hydrogens is 432 g/mol. The van der Waals surface area contributed by atoms with Crippen molar-refractivity contribution < 1.29 is 14.3 Å². The van der Waals surface area contributed by atoms with E-state index in [9.17, 15) is 4.79 Å². The van der Waals surface area contributed by atoms with E-state index in [4.69, 9.17) is 26.2 Å². The molecule has 32 heavy (non-hydrogen) atoms. The highest BCUT2D eigenvalue weighted by Crippen LogP contribution is 2.35. The molecule has 0 aliphatic carbocycles. The highest BCUT2D eigenvalue weighted by Gasteiger charge is 2.21. The van der Waals surface area contributed by atoms with Crippen LogP contribution in [0.2, 0.25) is 5.02 Å². The molecular formula is C22H21ClN6O3. The van der Waals surface area contributed by atoms with Crippen LogP contribution in [-0.2, 0) is 9.53 Å². The number of esters is 1. The Bertz CT molecular complexity index is 1310. The van der Waals surface area contributed by atoms with E-state index in [1.807, 2.05) is 48.4 Å². The summed E-state index contributed by atoms with van der Waals surface area (Å²) in [6.45, 7) is 3.28. The van der Waals surface area contributed by atoms with Crippen LogP contribution in [0.25, 0.3) is 16.6 Å². The van der Waals surface area contributed by atoms with Gasteiger partial charge in [0.1, 0.15) is 18.9 Å². The van der Waals surface area contributed by atoms with Gasteiger partial charge in [0, 0.05) is 23.2 Å².